The topological polar surface area (TPSA) is 32.3 Å². The van der Waals surface area contributed by atoms with Crippen molar-refractivity contribution in [3.8, 4) is 0 Å². The average Bonchev–Trinajstić information content (AvgIpc) is 2.45. The van der Waals surface area contributed by atoms with E-state index < -0.39 is 0 Å². The van der Waals surface area contributed by atoms with Gasteiger partial charge in [-0.05, 0) is 49.1 Å². The Morgan fingerprint density at radius 1 is 0.947 bits per heavy atom. The molecule has 0 unspecified atom stereocenters. The Morgan fingerprint density at radius 3 is 2.68 bits per heavy atom. The summed E-state index contributed by atoms with van der Waals surface area (Å²) in [7, 11) is 0. The third-order valence-corrected chi connectivity index (χ3v) is 4.43. The first-order valence-electron chi connectivity index (χ1n) is 6.64. The minimum atomic E-state index is 0.286. The van der Waals surface area contributed by atoms with Crippen molar-refractivity contribution in [2.45, 2.75) is 29.1 Å². The first-order valence-corrected chi connectivity index (χ1v) is 7.46. The van der Waals surface area contributed by atoms with Crippen LogP contribution in [0.15, 0.2) is 52.3 Å². The van der Waals surface area contributed by atoms with Crippen molar-refractivity contribution in [1.29, 1.82) is 0 Å². The highest BCUT2D eigenvalue weighted by Gasteiger charge is 2.14. The molecule has 2 N–H and O–H groups in total. The van der Waals surface area contributed by atoms with Crippen molar-refractivity contribution in [3.05, 3.63) is 48.0 Å². The van der Waals surface area contributed by atoms with E-state index in [1.807, 2.05) is 11.8 Å². The van der Waals surface area contributed by atoms with Crippen molar-refractivity contribution in [1.82, 2.24) is 0 Å². The van der Waals surface area contributed by atoms with Crippen LogP contribution in [0.1, 0.15) is 18.4 Å². The molecule has 3 rings (SSSR count). The monoisotopic (exact) mass is 271 g/mol. The Labute approximate surface area is 117 Å². The standard InChI is InChI=1S/C16H17NOS/c18-10-4-3-5-12-8-9-14-16(11-12)19-15-7-2-1-6-13(15)17-14/h1-2,6-9,11,17-18H,3-5,10H2. The van der Waals surface area contributed by atoms with Crippen molar-refractivity contribution < 1.29 is 5.11 Å². The largest absolute Gasteiger partial charge is 0.396 e. The van der Waals surface area contributed by atoms with Gasteiger partial charge in [0.1, 0.15) is 0 Å². The summed E-state index contributed by atoms with van der Waals surface area (Å²) in [6, 6.07) is 15.0. The molecule has 0 fully saturated rings. The smallest absolute Gasteiger partial charge is 0.0526 e. The number of hydrogen-bond donors (Lipinski definition) is 2. The normalized spacial score (nSPS) is 12.5. The second-order valence-corrected chi connectivity index (χ2v) is 5.82. The lowest BCUT2D eigenvalue weighted by Gasteiger charge is -2.21. The number of para-hydroxylation sites is 1. The van der Waals surface area contributed by atoms with Crippen LogP contribution in [0.4, 0.5) is 11.4 Å². The van der Waals surface area contributed by atoms with Crippen molar-refractivity contribution in [2.24, 2.45) is 0 Å². The molecule has 0 bridgehead atoms. The molecule has 0 amide bonds. The lowest BCUT2D eigenvalue weighted by molar-refractivity contribution is 0.284. The number of aliphatic hydroxyl groups excluding tert-OH is 1. The Hall–Kier alpha value is -1.45. The molecule has 1 aliphatic rings. The summed E-state index contributed by atoms with van der Waals surface area (Å²) in [4.78, 5) is 2.57. The highest BCUT2D eigenvalue weighted by atomic mass is 32.2. The van der Waals surface area contributed by atoms with Crippen molar-refractivity contribution in [2.75, 3.05) is 11.9 Å². The predicted molar refractivity (Wildman–Crippen MR) is 80.3 cm³/mol. The minimum absolute atomic E-state index is 0.286. The molecule has 2 aromatic rings. The zero-order chi connectivity index (χ0) is 13.1. The van der Waals surface area contributed by atoms with Gasteiger partial charge in [0.25, 0.3) is 0 Å². The third kappa shape index (κ3) is 2.77. The molecule has 0 saturated carbocycles. The second-order valence-electron chi connectivity index (χ2n) is 4.73. The van der Waals surface area contributed by atoms with Crippen LogP contribution < -0.4 is 5.32 Å². The fourth-order valence-electron chi connectivity index (χ4n) is 2.27. The van der Waals surface area contributed by atoms with Gasteiger partial charge in [-0.25, -0.2) is 0 Å². The fraction of sp³-hybridized carbons (Fsp3) is 0.250. The van der Waals surface area contributed by atoms with Gasteiger partial charge in [-0.3, -0.25) is 0 Å². The van der Waals surface area contributed by atoms with Gasteiger partial charge in [-0.2, -0.15) is 0 Å². The van der Waals surface area contributed by atoms with Crippen LogP contribution >= 0.6 is 11.8 Å². The maximum atomic E-state index is 8.83. The van der Waals surface area contributed by atoms with Crippen molar-refractivity contribution >= 4 is 23.1 Å². The number of rotatable bonds is 4. The summed E-state index contributed by atoms with van der Waals surface area (Å²) in [5.41, 5.74) is 3.73. The molecule has 2 aromatic carbocycles. The number of anilines is 2. The van der Waals surface area contributed by atoms with Crippen LogP contribution in [0.3, 0.4) is 0 Å². The summed E-state index contributed by atoms with van der Waals surface area (Å²) in [5, 5.41) is 12.3. The van der Waals surface area contributed by atoms with Crippen LogP contribution in [-0.2, 0) is 6.42 Å². The molecule has 0 aliphatic carbocycles. The Morgan fingerprint density at radius 2 is 1.79 bits per heavy atom. The van der Waals surface area contributed by atoms with E-state index in [1.165, 1.54) is 26.7 Å². The third-order valence-electron chi connectivity index (χ3n) is 3.30. The minimum Gasteiger partial charge on any atom is -0.396 e. The zero-order valence-electron chi connectivity index (χ0n) is 10.7. The molecular formula is C16H17NOS. The van der Waals surface area contributed by atoms with Crippen molar-refractivity contribution in [3.63, 3.8) is 0 Å². The predicted octanol–water partition coefficient (Wildman–Crippen LogP) is 4.21. The van der Waals surface area contributed by atoms with Crippen LogP contribution in [0.2, 0.25) is 0 Å². The zero-order valence-corrected chi connectivity index (χ0v) is 11.5. The second kappa shape index (κ2) is 5.68. The van der Waals surface area contributed by atoms with E-state index in [4.69, 9.17) is 5.11 Å². The summed E-state index contributed by atoms with van der Waals surface area (Å²) >= 11 is 1.82. The summed E-state index contributed by atoms with van der Waals surface area (Å²) < 4.78 is 0. The summed E-state index contributed by atoms with van der Waals surface area (Å²) in [5.74, 6) is 0. The number of unbranched alkanes of at least 4 members (excludes halogenated alkanes) is 1. The van der Waals surface area contributed by atoms with E-state index >= 15 is 0 Å². The Balaban J connectivity index is 1.80. The van der Waals surface area contributed by atoms with Gasteiger partial charge in [-0.1, -0.05) is 30.0 Å². The molecule has 98 valence electrons. The highest BCUT2D eigenvalue weighted by molar-refractivity contribution is 7.99. The van der Waals surface area contributed by atoms with Gasteiger partial charge in [-0.15, -0.1) is 0 Å². The summed E-state index contributed by atoms with van der Waals surface area (Å²) in [6.45, 7) is 0.286. The number of hydrogen-bond acceptors (Lipinski definition) is 3. The van der Waals surface area contributed by atoms with Gasteiger partial charge in [0.05, 0.1) is 11.4 Å². The Bertz CT molecular complexity index is 583. The quantitative estimate of drug-likeness (QED) is 0.697. The highest BCUT2D eigenvalue weighted by Crippen LogP contribution is 2.44. The number of aryl methyl sites for hydroxylation is 1. The maximum absolute atomic E-state index is 8.83. The molecule has 0 spiro atoms. The first-order chi connectivity index (χ1) is 9.36. The SMILES string of the molecule is OCCCCc1ccc2c(c1)Sc1ccccc1N2. The van der Waals surface area contributed by atoms with Crippen LogP contribution in [0.25, 0.3) is 0 Å². The first kappa shape index (κ1) is 12.6. The van der Waals surface area contributed by atoms with Gasteiger partial charge >= 0.3 is 0 Å². The van der Waals surface area contributed by atoms with E-state index in [0.717, 1.165) is 19.3 Å². The molecule has 1 aliphatic heterocycles. The number of aliphatic hydroxyl groups is 1. The molecule has 3 heteroatoms. The molecule has 2 nitrogen and oxygen atoms in total. The number of benzene rings is 2. The van der Waals surface area contributed by atoms with E-state index in [2.05, 4.69) is 47.8 Å². The average molecular weight is 271 g/mol. The maximum Gasteiger partial charge on any atom is 0.0526 e. The molecule has 0 aromatic heterocycles. The fourth-order valence-corrected chi connectivity index (χ4v) is 3.33. The van der Waals surface area contributed by atoms with E-state index in [9.17, 15) is 0 Å². The van der Waals surface area contributed by atoms with Crippen LogP contribution in [-0.4, -0.2) is 11.7 Å². The van der Waals surface area contributed by atoms with Crippen LogP contribution in [0.5, 0.6) is 0 Å². The molecule has 0 atom stereocenters. The van der Waals surface area contributed by atoms with Gasteiger partial charge < -0.3 is 10.4 Å². The number of nitrogens with one attached hydrogen (secondary N) is 1. The molecule has 0 saturated heterocycles. The lowest BCUT2D eigenvalue weighted by atomic mass is 10.1. The van der Waals surface area contributed by atoms with Gasteiger partial charge in [0.15, 0.2) is 0 Å². The van der Waals surface area contributed by atoms with E-state index in [0.29, 0.717) is 0 Å². The molecule has 19 heavy (non-hydrogen) atoms. The van der Waals surface area contributed by atoms with E-state index in [1.54, 1.807) is 0 Å². The van der Waals surface area contributed by atoms with Crippen LogP contribution in [0, 0.1) is 0 Å². The van der Waals surface area contributed by atoms with Gasteiger partial charge in [0.2, 0.25) is 0 Å². The molecule has 1 heterocycles. The van der Waals surface area contributed by atoms with Gasteiger partial charge in [0, 0.05) is 16.4 Å². The Kier molecular flexibility index (Phi) is 3.76. The molecular weight excluding hydrogens is 254 g/mol. The summed E-state index contributed by atoms with van der Waals surface area (Å²) in [6.07, 6.45) is 2.96. The van der Waals surface area contributed by atoms with E-state index in [-0.39, 0.29) is 6.61 Å². The lowest BCUT2D eigenvalue weighted by Crippen LogP contribution is -2.00. The molecule has 0 radical (unpaired) electrons. The number of fused-ring (bicyclic) bond motifs is 2.